The number of aromatic nitrogens is 1. The Morgan fingerprint density at radius 1 is 0.459 bits per heavy atom. The molecule has 85 heavy (non-hydrogen) atoms. The molecule has 0 amide bonds. The van der Waals surface area contributed by atoms with Gasteiger partial charge in [-0.2, -0.15) is 4.57 Å². The van der Waals surface area contributed by atoms with Gasteiger partial charge in [0.25, 0.3) is 5.95 Å². The molecular weight excluding hydrogens is 1290 g/mol. The van der Waals surface area contributed by atoms with Crippen LogP contribution in [0.1, 0.15) is 104 Å². The van der Waals surface area contributed by atoms with Crippen LogP contribution < -0.4 is 23.0 Å². The lowest BCUT2D eigenvalue weighted by atomic mass is 10.2. The van der Waals surface area contributed by atoms with Crippen LogP contribution in [0.5, 0.6) is 11.5 Å². The molecule has 0 aliphatic carbocycles. The highest BCUT2D eigenvalue weighted by Crippen LogP contribution is 2.43. The number of hydrogen-bond donors (Lipinski definition) is 0. The summed E-state index contributed by atoms with van der Waals surface area (Å²) in [6.07, 6.45) is 10.2. The molecule has 5 aromatic rings. The molecule has 1 aromatic heterocycles. The monoisotopic (exact) mass is 1390 g/mol. The quantitative estimate of drug-likeness (QED) is 0.00855. The Hall–Kier alpha value is -1.24. The second-order valence-electron chi connectivity index (χ2n) is 26.1. The van der Waals surface area contributed by atoms with Crippen molar-refractivity contribution < 1.29 is 28.3 Å². The summed E-state index contributed by atoms with van der Waals surface area (Å²) >= 11 is 0. The average molecular weight is 1390 g/mol. The standard InChI is InChI=1S/C16H26NO2S2.C14H21O3S3.C13H22NS2.C12H19S3.C10H16NS2/c1-13(18-12-20-21-16(2,3)4)19-15-10-8-14(9-11-15)17(5,6)7;1-14(2,3)19-18-10-16-13(15)17-11-6-8-12(9-7-11)20(4)5;1-13(2,3)16-15-12-9-7-11(8-10-12)14(4,5)6;1-12(2,3)14-13-10-6-8-11(9-7-10)15(4)5;1-10(2,3)13-12-9-7-5-6-8-11(9)4/h8-11H,1,12H2,2-7H3;6-9H,10H2,1-5H3;7-10H,1-6H3;6-9H,1-5H3;5-8H,1-4H3/q5*+1. The number of quaternary nitrogens is 2. The van der Waals surface area contributed by atoms with Gasteiger partial charge in [0, 0.05) is 103 Å². The molecule has 4 aromatic carbocycles. The number of pyridine rings is 1. The van der Waals surface area contributed by atoms with Gasteiger partial charge in [-0.05, 0) is 85.4 Å². The van der Waals surface area contributed by atoms with E-state index in [1.54, 1.807) is 44.5 Å². The minimum absolute atomic E-state index is 0.144. The van der Waals surface area contributed by atoms with Crippen LogP contribution in [-0.4, -0.2) is 109 Å². The smallest absolute Gasteiger partial charge is 0.454 e. The predicted octanol–water partition coefficient (Wildman–Crippen LogP) is 21.4. The molecule has 0 atom stereocenters. The van der Waals surface area contributed by atoms with E-state index < -0.39 is 6.16 Å². The summed E-state index contributed by atoms with van der Waals surface area (Å²) in [6.45, 7) is 36.8. The van der Waals surface area contributed by atoms with Crippen LogP contribution in [0.3, 0.4) is 0 Å². The lowest BCUT2D eigenvalue weighted by Gasteiger charge is -2.23. The SMILES string of the molecule is C=C(OCSSC(C)(C)C)Oc1ccc([N+](C)(C)C)cc1.CC(C)(C)SSc1ccc([N+](C)(C)C)cc1.C[S+](C)c1ccc(OC(=O)OCSSC(C)(C)C)cc1.C[S+](C)c1ccc(SSC(C)(C)C)cc1.C[n+]1ccccc1SSC(C)(C)C. The molecule has 0 aliphatic rings. The molecule has 476 valence electrons. The Morgan fingerprint density at radius 3 is 1.18 bits per heavy atom. The maximum Gasteiger partial charge on any atom is 0.514 e. The van der Waals surface area contributed by atoms with Gasteiger partial charge in [0.05, 0.1) is 42.3 Å². The predicted molar refractivity (Wildman–Crippen MR) is 405 cm³/mol. The minimum atomic E-state index is -0.660. The number of hydrogen-bond acceptors (Lipinski definition) is 15. The highest BCUT2D eigenvalue weighted by Gasteiger charge is 2.19. The fourth-order valence-electron chi connectivity index (χ4n) is 5.42. The van der Waals surface area contributed by atoms with Crippen LogP contribution in [-0.2, 0) is 38.3 Å². The van der Waals surface area contributed by atoms with E-state index in [2.05, 4.69) is 256 Å². The minimum Gasteiger partial charge on any atom is -0.454 e. The van der Waals surface area contributed by atoms with E-state index in [4.69, 9.17) is 18.9 Å². The molecular formula is C65H104N3O5S12+5. The second-order valence-corrected chi connectivity index (χ2v) is 45.4. The Balaban J connectivity index is 0.000000537. The lowest BCUT2D eigenvalue weighted by Crippen LogP contribution is -2.34. The van der Waals surface area contributed by atoms with Crippen molar-refractivity contribution in [2.45, 2.75) is 152 Å². The fourth-order valence-corrected chi connectivity index (χ4v) is 16.7. The molecule has 0 aliphatic heterocycles. The molecule has 8 nitrogen and oxygen atoms in total. The first-order valence-electron chi connectivity index (χ1n) is 27.6. The van der Waals surface area contributed by atoms with Crippen LogP contribution >= 0.6 is 108 Å². The highest BCUT2D eigenvalue weighted by atomic mass is 33.1. The van der Waals surface area contributed by atoms with Crippen molar-refractivity contribution in [3.8, 4) is 11.5 Å². The van der Waals surface area contributed by atoms with Crippen molar-refractivity contribution in [1.82, 2.24) is 8.97 Å². The summed E-state index contributed by atoms with van der Waals surface area (Å²) in [5, 5.41) is 1.29. The van der Waals surface area contributed by atoms with E-state index >= 15 is 0 Å². The highest BCUT2D eigenvalue weighted by molar-refractivity contribution is 8.78. The van der Waals surface area contributed by atoms with Gasteiger partial charge in [0.1, 0.15) is 60.9 Å². The van der Waals surface area contributed by atoms with E-state index in [9.17, 15) is 4.79 Å². The molecule has 0 spiro atoms. The fraction of sp³-hybridized carbons (Fsp3) is 0.508. The molecule has 5 rings (SSSR count). The zero-order valence-electron chi connectivity index (χ0n) is 56.0. The summed E-state index contributed by atoms with van der Waals surface area (Å²) in [7, 11) is 33.5. The Morgan fingerprint density at radius 2 is 0.800 bits per heavy atom. The molecule has 0 radical (unpaired) electrons. The van der Waals surface area contributed by atoms with Gasteiger partial charge < -0.3 is 18.9 Å². The van der Waals surface area contributed by atoms with Crippen LogP contribution in [0, 0.1) is 0 Å². The first kappa shape index (κ1) is 81.8. The molecule has 0 saturated heterocycles. The van der Waals surface area contributed by atoms with Crippen molar-refractivity contribution in [2.24, 2.45) is 7.05 Å². The van der Waals surface area contributed by atoms with Gasteiger partial charge in [-0.3, -0.25) is 8.97 Å². The zero-order chi connectivity index (χ0) is 65.0. The molecule has 0 fully saturated rings. The number of aryl methyl sites for hydroxylation is 1. The van der Waals surface area contributed by atoms with Crippen LogP contribution in [0.2, 0.25) is 0 Å². The van der Waals surface area contributed by atoms with Crippen LogP contribution in [0.15, 0.2) is 159 Å². The topological polar surface area (TPSA) is 57.9 Å². The third kappa shape index (κ3) is 43.2. The first-order valence-corrected chi connectivity index (χ1v) is 42.7. The Kier molecular flexibility index (Phi) is 37.7. The Labute approximate surface area is 563 Å². The Bertz CT molecular complexity index is 2650. The van der Waals surface area contributed by atoms with Crippen molar-refractivity contribution >= 4 is 147 Å². The lowest BCUT2D eigenvalue weighted by molar-refractivity contribution is -0.708. The molecule has 1 heterocycles. The first-order chi connectivity index (χ1) is 38.9. The number of nitrogens with zero attached hydrogens (tertiary/aromatic N) is 3. The number of rotatable bonds is 20. The van der Waals surface area contributed by atoms with Crippen molar-refractivity contribution in [3.05, 3.63) is 134 Å². The number of benzene rings is 4. The average Bonchev–Trinajstić information content (AvgIpc) is 3.61. The number of carbonyl (C=O) groups excluding carboxylic acids is 1. The van der Waals surface area contributed by atoms with E-state index in [0.717, 1.165) is 14.7 Å². The molecule has 20 heteroatoms. The van der Waals surface area contributed by atoms with Crippen molar-refractivity contribution in [2.75, 3.05) is 79.2 Å². The third-order valence-corrected chi connectivity index (χ3v) is 28.1. The van der Waals surface area contributed by atoms with Gasteiger partial charge in [-0.1, -0.05) is 201 Å². The van der Waals surface area contributed by atoms with E-state index in [1.807, 2.05) is 107 Å². The molecule has 0 saturated carbocycles. The van der Waals surface area contributed by atoms with Gasteiger partial charge in [-0.25, -0.2) is 4.79 Å². The number of carbonyl (C=O) groups is 1. The molecule has 0 bridgehead atoms. The molecule has 0 unspecified atom stereocenters. The third-order valence-electron chi connectivity index (χ3n) is 9.52. The maximum atomic E-state index is 11.5. The summed E-state index contributed by atoms with van der Waals surface area (Å²) in [4.78, 5) is 16.9. The van der Waals surface area contributed by atoms with E-state index in [-0.39, 0.29) is 26.3 Å². The summed E-state index contributed by atoms with van der Waals surface area (Å²) < 4.78 is 26.2. The van der Waals surface area contributed by atoms with E-state index in [1.165, 1.54) is 46.8 Å². The van der Waals surface area contributed by atoms with Gasteiger partial charge in [0.2, 0.25) is 5.03 Å². The number of ether oxygens (including phenoxy) is 4. The maximum absolute atomic E-state index is 11.5. The van der Waals surface area contributed by atoms with Crippen LogP contribution in [0.25, 0.3) is 0 Å². The van der Waals surface area contributed by atoms with Crippen molar-refractivity contribution in [1.29, 1.82) is 0 Å². The van der Waals surface area contributed by atoms with Gasteiger partial charge in [0.15, 0.2) is 21.9 Å². The van der Waals surface area contributed by atoms with Gasteiger partial charge in [-0.15, -0.1) is 0 Å². The van der Waals surface area contributed by atoms with E-state index in [0.29, 0.717) is 42.8 Å². The van der Waals surface area contributed by atoms with Crippen LogP contribution in [0.4, 0.5) is 16.2 Å². The summed E-state index contributed by atoms with van der Waals surface area (Å²) in [6, 6.07) is 39.5. The summed E-state index contributed by atoms with van der Waals surface area (Å²) in [5.41, 5.74) is 2.55. The normalized spacial score (nSPS) is 12.0. The zero-order valence-corrected chi connectivity index (χ0v) is 65.7. The van der Waals surface area contributed by atoms with Crippen molar-refractivity contribution in [3.63, 3.8) is 0 Å². The largest absolute Gasteiger partial charge is 0.514 e. The second kappa shape index (κ2) is 39.2. The molecule has 0 N–H and O–H groups in total. The summed E-state index contributed by atoms with van der Waals surface area (Å²) in [5.74, 6) is 2.39. The van der Waals surface area contributed by atoms with Gasteiger partial charge >= 0.3 is 6.16 Å².